The van der Waals surface area contributed by atoms with Crippen LogP contribution in [0.5, 0.6) is 0 Å². The predicted octanol–water partition coefficient (Wildman–Crippen LogP) is -4.47. The quantitative estimate of drug-likeness (QED) is 0.121. The smallest absolute Gasteiger partial charge is 1.00 e. The normalized spacial score (nSPS) is 35.9. The molecule has 9 rings (SSSR count). The first-order valence-corrected chi connectivity index (χ1v) is 15.1. The average molecular weight is 660 g/mol. The average Bonchev–Trinajstić information content (AvgIpc) is 2.85. The van der Waals surface area contributed by atoms with Crippen molar-refractivity contribution in [3.8, 4) is 0 Å². The van der Waals surface area contributed by atoms with Crippen LogP contribution in [0.4, 0.5) is 0 Å². The number of rotatable bonds is 0. The van der Waals surface area contributed by atoms with Crippen LogP contribution < -0.4 is 24.8 Å². The molecule has 8 heterocycles. The van der Waals surface area contributed by atoms with Gasteiger partial charge in [-0.25, -0.2) is 0 Å². The first kappa shape index (κ1) is 36.1. The molecular weight excluding hydrogens is 616 g/mol. The maximum atomic E-state index is 2.57. The van der Waals surface area contributed by atoms with E-state index in [1.54, 1.807) is 0 Å². The van der Waals surface area contributed by atoms with Crippen molar-refractivity contribution in [2.45, 2.75) is 34.6 Å². The molecule has 0 spiro atoms. The summed E-state index contributed by atoms with van der Waals surface area (Å²) in [6.45, 7) is 18.5. The fourth-order valence-electron chi connectivity index (χ4n) is 5.87. The van der Waals surface area contributed by atoms with Crippen LogP contribution in [0, 0.1) is 34.6 Å². The minimum absolute atomic E-state index is 0. The van der Waals surface area contributed by atoms with Crippen molar-refractivity contribution in [1.82, 2.24) is 29.4 Å². The van der Waals surface area contributed by atoms with Crippen LogP contribution in [0.15, 0.2) is 0 Å². The molecule has 1 aromatic rings. The topological polar surface area (TPSA) is 83.9 Å². The molecule has 35 heavy (non-hydrogen) atoms. The molecule has 13 heteroatoms. The maximum absolute atomic E-state index is 2.57. The van der Waals surface area contributed by atoms with Crippen LogP contribution in [0.1, 0.15) is 27.8 Å². The molecule has 5 N–H and O–H groups in total. The van der Waals surface area contributed by atoms with E-state index in [0.717, 1.165) is 0 Å². The monoisotopic (exact) mass is 659 g/mol. The van der Waals surface area contributed by atoms with Gasteiger partial charge in [-0.15, -0.1) is 0 Å². The Hall–Kier alpha value is 1.09. The molecule has 8 aliphatic rings. The van der Waals surface area contributed by atoms with E-state index < -0.39 is 0 Å². The van der Waals surface area contributed by atoms with Crippen molar-refractivity contribution < 1.29 is 55.2 Å². The van der Waals surface area contributed by atoms with Gasteiger partial charge in [0.2, 0.25) is 0 Å². The van der Waals surface area contributed by atoms with Gasteiger partial charge in [0.25, 0.3) is 0 Å². The van der Waals surface area contributed by atoms with Gasteiger partial charge in [0.1, 0.15) is 0 Å². The zero-order valence-electron chi connectivity index (χ0n) is 21.7. The molecule has 8 saturated heterocycles. The van der Waals surface area contributed by atoms with E-state index >= 15 is 0 Å². The molecule has 0 atom stereocenters. The first-order valence-electron chi connectivity index (χ1n) is 11.3. The standard InChI is InChI=1S/C10H15.2C6H12N3P.2ClH.2H2O.Rh/c1-6-7(2)9(4)10(5)8(6)3;2*1-7-2-9-3-8(1)5-10(4-7)6-9;;;;;/h1-5H3;2*1-6H2;2*1H;2*1H2;/q-1;;;;;;;+2/p-1. The molecule has 8 aliphatic heterocycles. The van der Waals surface area contributed by atoms with Crippen molar-refractivity contribution in [3.63, 3.8) is 0 Å². The van der Waals surface area contributed by atoms with E-state index in [9.17, 15) is 0 Å². The van der Waals surface area contributed by atoms with Crippen LogP contribution >= 0.6 is 15.8 Å². The molecule has 0 aliphatic carbocycles. The largest absolute Gasteiger partial charge is 2.00 e. The van der Waals surface area contributed by atoms with E-state index in [0.29, 0.717) is 15.8 Å². The molecule has 0 saturated carbocycles. The van der Waals surface area contributed by atoms with Crippen molar-refractivity contribution >= 4 is 15.8 Å². The van der Waals surface area contributed by atoms with Crippen molar-refractivity contribution in [3.05, 3.63) is 27.8 Å². The maximum Gasteiger partial charge on any atom is 2.00 e. The molecule has 0 aromatic heterocycles. The number of nitrogens with zero attached hydrogens (tertiary/aromatic N) is 6. The third-order valence-electron chi connectivity index (χ3n) is 7.61. The van der Waals surface area contributed by atoms with Gasteiger partial charge in [-0.3, -0.25) is 29.4 Å². The fourth-order valence-corrected chi connectivity index (χ4v) is 10.9. The van der Waals surface area contributed by atoms with Crippen LogP contribution in [0.2, 0.25) is 0 Å². The summed E-state index contributed by atoms with van der Waals surface area (Å²) in [6, 6.07) is 0. The summed E-state index contributed by atoms with van der Waals surface area (Å²) in [4.78, 5) is 15.4. The Bertz CT molecular complexity index is 577. The van der Waals surface area contributed by atoms with Crippen molar-refractivity contribution in [1.29, 1.82) is 0 Å². The Labute approximate surface area is 239 Å². The van der Waals surface area contributed by atoms with Crippen LogP contribution in [0.3, 0.4) is 0 Å². The third kappa shape index (κ3) is 8.05. The van der Waals surface area contributed by atoms with Crippen LogP contribution in [-0.2, 0) is 25.0 Å². The summed E-state index contributed by atoms with van der Waals surface area (Å²) in [6.07, 6.45) is 8.51. The number of hydrogen-bond donors (Lipinski definition) is 0. The summed E-state index contributed by atoms with van der Waals surface area (Å²) in [5.41, 5.74) is 7.34. The zero-order valence-corrected chi connectivity index (χ0v) is 26.7. The van der Waals surface area contributed by atoms with Crippen molar-refractivity contribution in [2.75, 3.05) is 77.7 Å². The molecule has 0 amide bonds. The second-order valence-corrected chi connectivity index (χ2v) is 14.6. The Balaban J connectivity index is 0.000000462. The summed E-state index contributed by atoms with van der Waals surface area (Å²) in [5, 5.41) is 0. The molecule has 8 bridgehead atoms. The van der Waals surface area contributed by atoms with Crippen LogP contribution in [0.25, 0.3) is 0 Å². The Kier molecular flexibility index (Phi) is 15.5. The number of hydrogen-bond acceptors (Lipinski definition) is 6. The van der Waals surface area contributed by atoms with Gasteiger partial charge in [0, 0.05) is 37.7 Å². The summed E-state index contributed by atoms with van der Waals surface area (Å²) >= 11 is 0. The zero-order chi connectivity index (χ0) is 21.0. The van der Waals surface area contributed by atoms with Gasteiger partial charge in [-0.2, -0.15) is 27.8 Å². The van der Waals surface area contributed by atoms with Gasteiger partial charge in [-0.05, 0) is 0 Å². The van der Waals surface area contributed by atoms with Gasteiger partial charge in [0.05, 0.1) is 40.0 Å². The predicted molar refractivity (Wildman–Crippen MR) is 137 cm³/mol. The Morgan fingerprint density at radius 3 is 0.857 bits per heavy atom. The molecule has 8 nitrogen and oxygen atoms in total. The van der Waals surface area contributed by atoms with E-state index in [4.69, 9.17) is 0 Å². The van der Waals surface area contributed by atoms with E-state index in [1.165, 1.54) is 106 Å². The van der Waals surface area contributed by atoms with Gasteiger partial charge in [-0.1, -0.05) is 50.5 Å². The molecule has 207 valence electrons. The molecule has 1 aromatic carbocycles. The molecular formula is C22H44Cl2N6O2P2Rh. The second-order valence-electron chi connectivity index (χ2n) is 10.2. The minimum atomic E-state index is 0. The minimum Gasteiger partial charge on any atom is -1.00 e. The summed E-state index contributed by atoms with van der Waals surface area (Å²) in [7, 11) is 0.732. The fraction of sp³-hybridized carbons (Fsp3) is 0.773. The summed E-state index contributed by atoms with van der Waals surface area (Å²) < 4.78 is 0. The molecule has 8 fully saturated rings. The Morgan fingerprint density at radius 1 is 0.543 bits per heavy atom. The van der Waals surface area contributed by atoms with E-state index in [1.807, 2.05) is 0 Å². The van der Waals surface area contributed by atoms with Gasteiger partial charge < -0.3 is 35.8 Å². The van der Waals surface area contributed by atoms with Gasteiger partial charge in [0.15, 0.2) is 0 Å². The van der Waals surface area contributed by atoms with Gasteiger partial charge >= 0.3 is 19.5 Å². The SMILES string of the molecule is C1N2CN3CN1CP(C2)C3.C1N2CN3CN1CP(C2)C3.Cc1c(C)c(C)[c-](C)c1C.O.[Cl-].[Cl-].[OH3+].[Rh+2]. The van der Waals surface area contributed by atoms with Crippen LogP contribution in [-0.4, -0.2) is 113 Å². The Morgan fingerprint density at radius 2 is 0.743 bits per heavy atom. The van der Waals surface area contributed by atoms with Crippen molar-refractivity contribution in [2.24, 2.45) is 0 Å². The number of halogens is 2. The van der Waals surface area contributed by atoms with E-state index in [2.05, 4.69) is 64.0 Å². The first-order chi connectivity index (χ1) is 14.4. The third-order valence-corrected chi connectivity index (χ3v) is 12.4. The van der Waals surface area contributed by atoms with E-state index in [-0.39, 0.29) is 55.2 Å². The second kappa shape index (κ2) is 15.0. The molecule has 0 unspecified atom stereocenters. The summed E-state index contributed by atoms with van der Waals surface area (Å²) in [5.74, 6) is 0. The molecule has 1 radical (unpaired) electrons.